The number of carbonyl (C=O) groups excluding carboxylic acids is 1. The van der Waals surface area contributed by atoms with Crippen LogP contribution in [0, 0.1) is 14.9 Å². The lowest BCUT2D eigenvalue weighted by Crippen LogP contribution is -2.27. The Balaban J connectivity index is 1.67. The number of halogens is 2. The molecule has 3 rings (SSSR count). The van der Waals surface area contributed by atoms with Gasteiger partial charge in [-0.15, -0.1) is 0 Å². The lowest BCUT2D eigenvalue weighted by Gasteiger charge is -2.14. The number of rotatable bonds is 7. The van der Waals surface area contributed by atoms with Crippen molar-refractivity contribution in [1.29, 1.82) is 5.26 Å². The monoisotopic (exact) mass is 542 g/mol. The molecule has 0 aromatic heterocycles. The third kappa shape index (κ3) is 6.58. The molecule has 3 aromatic rings. The summed E-state index contributed by atoms with van der Waals surface area (Å²) in [6.07, 6.45) is 1.58. The molecule has 0 bridgehead atoms. The predicted octanol–water partition coefficient (Wildman–Crippen LogP) is 6.31. The van der Waals surface area contributed by atoms with E-state index in [0.29, 0.717) is 11.6 Å². The predicted molar refractivity (Wildman–Crippen MR) is 132 cm³/mol. The van der Waals surface area contributed by atoms with E-state index in [1.807, 2.05) is 85.8 Å². The smallest absolute Gasteiger partial charge is 0.262 e. The van der Waals surface area contributed by atoms with Crippen LogP contribution in [0.25, 0.3) is 6.08 Å². The van der Waals surface area contributed by atoms with Crippen LogP contribution in [0.5, 0.6) is 5.75 Å². The molecule has 0 saturated heterocycles. The van der Waals surface area contributed by atoms with E-state index in [2.05, 4.69) is 27.9 Å². The maximum atomic E-state index is 12.6. The van der Waals surface area contributed by atoms with Gasteiger partial charge in [-0.25, -0.2) is 0 Å². The third-order valence-electron chi connectivity index (χ3n) is 4.59. The Kier molecular flexibility index (Phi) is 8.10. The second-order valence-electron chi connectivity index (χ2n) is 6.88. The third-order valence-corrected chi connectivity index (χ3v) is 5.68. The molecule has 0 aliphatic carbocycles. The molecule has 0 unspecified atom stereocenters. The van der Waals surface area contributed by atoms with E-state index in [1.54, 1.807) is 6.08 Å². The van der Waals surface area contributed by atoms with Crippen LogP contribution >= 0.6 is 34.2 Å². The van der Waals surface area contributed by atoms with Gasteiger partial charge in [0, 0.05) is 5.02 Å². The van der Waals surface area contributed by atoms with E-state index < -0.39 is 5.91 Å². The molecule has 3 aromatic carbocycles. The normalized spacial score (nSPS) is 12.0. The van der Waals surface area contributed by atoms with Crippen molar-refractivity contribution < 1.29 is 9.53 Å². The minimum atomic E-state index is -0.406. The van der Waals surface area contributed by atoms with Gasteiger partial charge < -0.3 is 10.1 Å². The van der Waals surface area contributed by atoms with Crippen molar-refractivity contribution in [2.75, 3.05) is 0 Å². The van der Waals surface area contributed by atoms with Crippen LogP contribution in [0.1, 0.15) is 29.7 Å². The second kappa shape index (κ2) is 11.0. The summed E-state index contributed by atoms with van der Waals surface area (Å²) < 4.78 is 6.77. The highest BCUT2D eigenvalue weighted by Crippen LogP contribution is 2.25. The minimum Gasteiger partial charge on any atom is -0.488 e. The fraction of sp³-hybridized carbons (Fsp3) is 0.120. The maximum Gasteiger partial charge on any atom is 0.262 e. The van der Waals surface area contributed by atoms with Crippen molar-refractivity contribution in [2.45, 2.75) is 19.6 Å². The van der Waals surface area contributed by atoms with Crippen molar-refractivity contribution in [1.82, 2.24) is 5.32 Å². The minimum absolute atomic E-state index is 0.0495. The Hall–Kier alpha value is -2.82. The van der Waals surface area contributed by atoms with E-state index in [0.717, 1.165) is 26.0 Å². The molecule has 0 aliphatic rings. The molecular formula is C25H20ClIN2O2. The molecule has 0 saturated carbocycles. The number of nitrogens with one attached hydrogen (secondary N) is 1. The number of nitrogens with zero attached hydrogens (tertiary/aromatic N) is 1. The van der Waals surface area contributed by atoms with Gasteiger partial charge in [0.05, 0.1) is 9.61 Å². The van der Waals surface area contributed by atoms with Crippen LogP contribution in [0.3, 0.4) is 0 Å². The Morgan fingerprint density at radius 3 is 2.52 bits per heavy atom. The first-order valence-electron chi connectivity index (χ1n) is 9.60. The van der Waals surface area contributed by atoms with E-state index in [4.69, 9.17) is 16.3 Å². The van der Waals surface area contributed by atoms with Crippen molar-refractivity contribution in [2.24, 2.45) is 0 Å². The molecule has 1 N–H and O–H groups in total. The van der Waals surface area contributed by atoms with Crippen molar-refractivity contribution in [3.05, 3.63) is 104 Å². The quantitative estimate of drug-likeness (QED) is 0.216. The highest BCUT2D eigenvalue weighted by atomic mass is 127. The van der Waals surface area contributed by atoms with Crippen LogP contribution in [-0.2, 0) is 11.4 Å². The zero-order chi connectivity index (χ0) is 22.2. The van der Waals surface area contributed by atoms with Crippen LogP contribution in [0.15, 0.2) is 78.4 Å². The van der Waals surface area contributed by atoms with Crippen LogP contribution < -0.4 is 10.1 Å². The Morgan fingerprint density at radius 1 is 1.16 bits per heavy atom. The molecule has 1 amide bonds. The van der Waals surface area contributed by atoms with Crippen LogP contribution in [0.4, 0.5) is 0 Å². The van der Waals surface area contributed by atoms with Gasteiger partial charge in [-0.3, -0.25) is 4.79 Å². The first-order valence-corrected chi connectivity index (χ1v) is 11.1. The number of benzene rings is 3. The molecule has 0 fully saturated rings. The average Bonchev–Trinajstić information content (AvgIpc) is 2.78. The molecular weight excluding hydrogens is 523 g/mol. The summed E-state index contributed by atoms with van der Waals surface area (Å²) in [5.41, 5.74) is 2.79. The van der Waals surface area contributed by atoms with Gasteiger partial charge in [0.25, 0.3) is 5.91 Å². The zero-order valence-electron chi connectivity index (χ0n) is 16.8. The molecule has 6 heteroatoms. The number of carbonyl (C=O) groups is 1. The van der Waals surface area contributed by atoms with E-state index in [-0.39, 0.29) is 11.6 Å². The van der Waals surface area contributed by atoms with Crippen molar-refractivity contribution in [3.63, 3.8) is 0 Å². The largest absolute Gasteiger partial charge is 0.488 e. The van der Waals surface area contributed by atoms with Gasteiger partial charge in [0.1, 0.15) is 24.0 Å². The van der Waals surface area contributed by atoms with Crippen LogP contribution in [0.2, 0.25) is 5.02 Å². The topological polar surface area (TPSA) is 62.1 Å². The molecule has 0 radical (unpaired) electrons. The highest BCUT2D eigenvalue weighted by molar-refractivity contribution is 14.1. The molecule has 0 heterocycles. The molecule has 1 atom stereocenters. The number of hydrogen-bond donors (Lipinski definition) is 1. The van der Waals surface area contributed by atoms with Crippen molar-refractivity contribution >= 4 is 46.2 Å². The summed E-state index contributed by atoms with van der Waals surface area (Å²) in [4.78, 5) is 12.6. The number of nitriles is 1. The fourth-order valence-electron chi connectivity index (χ4n) is 2.88. The van der Waals surface area contributed by atoms with E-state index in [9.17, 15) is 10.1 Å². The zero-order valence-corrected chi connectivity index (χ0v) is 19.7. The van der Waals surface area contributed by atoms with Gasteiger partial charge in [-0.1, -0.05) is 60.1 Å². The molecule has 4 nitrogen and oxygen atoms in total. The van der Waals surface area contributed by atoms with Gasteiger partial charge in [-0.05, 0) is 76.5 Å². The summed E-state index contributed by atoms with van der Waals surface area (Å²) >= 11 is 8.09. The fourth-order valence-corrected chi connectivity index (χ4v) is 3.70. The Bertz CT molecular complexity index is 1120. The maximum absolute atomic E-state index is 12.6. The first-order chi connectivity index (χ1) is 15.0. The van der Waals surface area contributed by atoms with Crippen LogP contribution in [-0.4, -0.2) is 5.91 Å². The second-order valence-corrected chi connectivity index (χ2v) is 8.48. The number of amides is 1. The van der Waals surface area contributed by atoms with Gasteiger partial charge in [0.15, 0.2) is 0 Å². The summed E-state index contributed by atoms with van der Waals surface area (Å²) in [6, 6.07) is 24.4. The molecule has 156 valence electrons. The van der Waals surface area contributed by atoms with E-state index in [1.165, 1.54) is 0 Å². The highest BCUT2D eigenvalue weighted by Gasteiger charge is 2.14. The summed E-state index contributed by atoms with van der Waals surface area (Å²) in [5.74, 6) is 0.324. The summed E-state index contributed by atoms with van der Waals surface area (Å²) in [6.45, 7) is 2.31. The van der Waals surface area contributed by atoms with Gasteiger partial charge in [-0.2, -0.15) is 5.26 Å². The Labute approximate surface area is 200 Å². The summed E-state index contributed by atoms with van der Waals surface area (Å²) in [5, 5.41) is 13.0. The number of hydrogen-bond acceptors (Lipinski definition) is 3. The lowest BCUT2D eigenvalue weighted by molar-refractivity contribution is -0.117. The Morgan fingerprint density at radius 2 is 1.87 bits per heavy atom. The molecule has 31 heavy (non-hydrogen) atoms. The molecule has 0 spiro atoms. The first kappa shape index (κ1) is 22.9. The van der Waals surface area contributed by atoms with Gasteiger partial charge >= 0.3 is 0 Å². The molecule has 0 aliphatic heterocycles. The van der Waals surface area contributed by atoms with Gasteiger partial charge in [0.2, 0.25) is 0 Å². The standard InChI is InChI=1S/C25H20ClIN2O2/c1-17(20-5-3-2-4-6-20)29-25(30)21(15-28)13-19-9-12-24(23(27)14-19)31-16-18-7-10-22(26)11-8-18/h2-14,17H,16H2,1H3,(H,29,30)/b21-13-/t17-/m1/s1. The lowest BCUT2D eigenvalue weighted by atomic mass is 10.1. The van der Waals surface area contributed by atoms with Crippen molar-refractivity contribution in [3.8, 4) is 11.8 Å². The number of ether oxygens (including phenoxy) is 1. The summed E-state index contributed by atoms with van der Waals surface area (Å²) in [7, 11) is 0. The average molecular weight is 543 g/mol. The SMILES string of the molecule is C[C@@H](NC(=O)/C(C#N)=C\c1ccc(OCc2ccc(Cl)cc2)c(I)c1)c1ccccc1. The van der Waals surface area contributed by atoms with E-state index >= 15 is 0 Å².